The van der Waals surface area contributed by atoms with Crippen LogP contribution < -0.4 is 5.32 Å². The quantitative estimate of drug-likeness (QED) is 0.421. The monoisotopic (exact) mass is 353 g/mol. The second kappa shape index (κ2) is 6.32. The number of fused-ring (bicyclic) bond motifs is 2. The zero-order valence-electron chi connectivity index (χ0n) is 13.9. The van der Waals surface area contributed by atoms with Gasteiger partial charge in [0.1, 0.15) is 0 Å². The Morgan fingerprint density at radius 2 is 1.00 bits per heavy atom. The highest BCUT2D eigenvalue weighted by Crippen LogP contribution is 2.46. The maximum absolute atomic E-state index is 4.10. The summed E-state index contributed by atoms with van der Waals surface area (Å²) in [5.74, 6) is 0. The Balaban J connectivity index is 1.52. The van der Waals surface area contributed by atoms with Crippen LogP contribution in [0.25, 0.3) is 22.3 Å². The summed E-state index contributed by atoms with van der Waals surface area (Å²) >= 11 is 1.81. The van der Waals surface area contributed by atoms with Gasteiger partial charge in [0.15, 0.2) is 0 Å². The van der Waals surface area contributed by atoms with E-state index in [0.717, 1.165) is 11.4 Å². The molecule has 0 fully saturated rings. The van der Waals surface area contributed by atoms with E-state index < -0.39 is 0 Å². The number of nitrogens with one attached hydrogen (secondary N) is 1. The molecule has 124 valence electrons. The molecule has 26 heavy (non-hydrogen) atoms. The summed E-state index contributed by atoms with van der Waals surface area (Å²) in [5.41, 5.74) is 7.07. The van der Waals surface area contributed by atoms with Gasteiger partial charge in [-0.05, 0) is 70.8 Å². The summed E-state index contributed by atoms with van der Waals surface area (Å²) in [4.78, 5) is 10.7. The molecule has 0 bridgehead atoms. The molecule has 2 aromatic carbocycles. The molecule has 4 heteroatoms. The molecule has 5 rings (SSSR count). The number of rotatable bonds is 2. The summed E-state index contributed by atoms with van der Waals surface area (Å²) in [5, 5.41) is 3.55. The van der Waals surface area contributed by atoms with Gasteiger partial charge in [0.2, 0.25) is 0 Å². The average Bonchev–Trinajstić information content (AvgIpc) is 2.73. The third-order valence-corrected chi connectivity index (χ3v) is 5.60. The summed E-state index contributed by atoms with van der Waals surface area (Å²) in [6, 6.07) is 21.2. The van der Waals surface area contributed by atoms with E-state index in [0.29, 0.717) is 0 Å². The van der Waals surface area contributed by atoms with Crippen molar-refractivity contribution in [2.45, 2.75) is 9.79 Å². The lowest BCUT2D eigenvalue weighted by molar-refractivity contribution is 1.30. The number of benzene rings is 2. The van der Waals surface area contributed by atoms with Crippen molar-refractivity contribution < 1.29 is 0 Å². The van der Waals surface area contributed by atoms with E-state index in [-0.39, 0.29) is 0 Å². The molecule has 3 nitrogen and oxygen atoms in total. The fraction of sp³-hybridized carbons (Fsp3) is 0. The van der Waals surface area contributed by atoms with E-state index in [9.17, 15) is 0 Å². The normalized spacial score (nSPS) is 12.0. The number of pyridine rings is 2. The van der Waals surface area contributed by atoms with Crippen molar-refractivity contribution in [2.24, 2.45) is 0 Å². The van der Waals surface area contributed by atoms with Gasteiger partial charge in [-0.3, -0.25) is 9.97 Å². The van der Waals surface area contributed by atoms with Gasteiger partial charge in [-0.15, -0.1) is 0 Å². The molecule has 0 spiro atoms. The first kappa shape index (κ1) is 15.2. The molecule has 4 aromatic rings. The fourth-order valence-electron chi connectivity index (χ4n) is 3.13. The smallest absolute Gasteiger partial charge is 0.0526 e. The van der Waals surface area contributed by atoms with Gasteiger partial charge >= 0.3 is 0 Å². The van der Waals surface area contributed by atoms with Gasteiger partial charge in [0.05, 0.1) is 11.4 Å². The standard InChI is InChI=1S/C22H15N3S/c1-3-19-21(13-17(1)15-5-9-23-10-6-15)26-22-14-18(2-4-20(22)25-19)16-7-11-24-12-8-16/h1-14,25H. The van der Waals surface area contributed by atoms with Crippen LogP contribution in [0.1, 0.15) is 0 Å². The van der Waals surface area contributed by atoms with E-state index >= 15 is 0 Å². The van der Waals surface area contributed by atoms with Crippen LogP contribution in [0, 0.1) is 0 Å². The van der Waals surface area contributed by atoms with Gasteiger partial charge in [-0.2, -0.15) is 0 Å². The molecule has 3 heterocycles. The van der Waals surface area contributed by atoms with Gasteiger partial charge < -0.3 is 5.32 Å². The maximum atomic E-state index is 4.10. The Morgan fingerprint density at radius 1 is 0.538 bits per heavy atom. The van der Waals surface area contributed by atoms with E-state index in [1.807, 2.05) is 49.1 Å². The summed E-state index contributed by atoms with van der Waals surface area (Å²) in [7, 11) is 0. The van der Waals surface area contributed by atoms with Crippen molar-refractivity contribution in [3.63, 3.8) is 0 Å². The van der Waals surface area contributed by atoms with Gasteiger partial charge in [-0.25, -0.2) is 0 Å². The van der Waals surface area contributed by atoms with Crippen LogP contribution in [0.4, 0.5) is 11.4 Å². The largest absolute Gasteiger partial charge is 0.354 e. The third kappa shape index (κ3) is 2.74. The number of aromatic nitrogens is 2. The molecule has 0 saturated heterocycles. The van der Waals surface area contributed by atoms with Gasteiger partial charge in [-0.1, -0.05) is 23.9 Å². The molecule has 1 N–H and O–H groups in total. The van der Waals surface area contributed by atoms with Crippen molar-refractivity contribution in [3.8, 4) is 22.3 Å². The minimum absolute atomic E-state index is 1.15. The van der Waals surface area contributed by atoms with Crippen molar-refractivity contribution in [2.75, 3.05) is 5.32 Å². The van der Waals surface area contributed by atoms with Crippen LogP contribution in [-0.2, 0) is 0 Å². The number of hydrogen-bond donors (Lipinski definition) is 1. The predicted molar refractivity (Wildman–Crippen MR) is 107 cm³/mol. The topological polar surface area (TPSA) is 37.8 Å². The average molecular weight is 353 g/mol. The summed E-state index contributed by atoms with van der Waals surface area (Å²) in [6.45, 7) is 0. The van der Waals surface area contributed by atoms with E-state index in [1.165, 1.54) is 32.0 Å². The Hall–Kier alpha value is -3.11. The Labute approximate surface area is 156 Å². The molecule has 1 aliphatic heterocycles. The molecule has 2 aromatic heterocycles. The van der Waals surface area contributed by atoms with Crippen molar-refractivity contribution in [3.05, 3.63) is 85.5 Å². The highest BCUT2D eigenvalue weighted by atomic mass is 32.2. The highest BCUT2D eigenvalue weighted by molar-refractivity contribution is 7.99. The SMILES string of the molecule is c1cc(-c2ccc3c(c2)Sc2cc(-c4ccncc4)ccc2N3)ccn1. The predicted octanol–water partition coefficient (Wildman–Crippen LogP) is 6.02. The Morgan fingerprint density at radius 3 is 1.46 bits per heavy atom. The summed E-state index contributed by atoms with van der Waals surface area (Å²) in [6.07, 6.45) is 7.32. The Kier molecular flexibility index (Phi) is 3.68. The van der Waals surface area contributed by atoms with Gasteiger partial charge in [0, 0.05) is 34.6 Å². The molecule has 0 unspecified atom stereocenters. The van der Waals surface area contributed by atoms with Crippen LogP contribution >= 0.6 is 11.8 Å². The maximum Gasteiger partial charge on any atom is 0.0526 e. The number of anilines is 2. The second-order valence-corrected chi connectivity index (χ2v) is 7.20. The fourth-order valence-corrected chi connectivity index (χ4v) is 4.20. The Bertz CT molecular complexity index is 992. The zero-order valence-corrected chi connectivity index (χ0v) is 14.7. The molecule has 1 aliphatic rings. The van der Waals surface area contributed by atoms with Crippen molar-refractivity contribution >= 4 is 23.1 Å². The first-order valence-corrected chi connectivity index (χ1v) is 9.22. The second-order valence-electron chi connectivity index (χ2n) is 6.12. The number of nitrogens with zero attached hydrogens (tertiary/aromatic N) is 2. The number of hydrogen-bond acceptors (Lipinski definition) is 4. The minimum atomic E-state index is 1.15. The van der Waals surface area contributed by atoms with Crippen molar-refractivity contribution in [1.29, 1.82) is 0 Å². The molecule has 0 saturated carbocycles. The van der Waals surface area contributed by atoms with Crippen LogP contribution in [0.3, 0.4) is 0 Å². The summed E-state index contributed by atoms with van der Waals surface area (Å²) < 4.78 is 0. The first-order chi connectivity index (χ1) is 12.9. The first-order valence-electron chi connectivity index (χ1n) is 8.41. The van der Waals surface area contributed by atoms with Crippen LogP contribution in [0.2, 0.25) is 0 Å². The van der Waals surface area contributed by atoms with E-state index in [1.54, 1.807) is 11.8 Å². The van der Waals surface area contributed by atoms with Crippen LogP contribution in [-0.4, -0.2) is 9.97 Å². The van der Waals surface area contributed by atoms with E-state index in [4.69, 9.17) is 0 Å². The highest BCUT2D eigenvalue weighted by Gasteiger charge is 2.17. The molecular weight excluding hydrogens is 338 g/mol. The lowest BCUT2D eigenvalue weighted by Crippen LogP contribution is -2.00. The van der Waals surface area contributed by atoms with Crippen LogP contribution in [0.5, 0.6) is 0 Å². The third-order valence-electron chi connectivity index (χ3n) is 4.48. The van der Waals surface area contributed by atoms with E-state index in [2.05, 4.69) is 51.7 Å². The minimum Gasteiger partial charge on any atom is -0.354 e. The van der Waals surface area contributed by atoms with Crippen LogP contribution in [0.15, 0.2) is 95.2 Å². The lowest BCUT2D eigenvalue weighted by atomic mass is 10.1. The molecular formula is C22H15N3S. The lowest BCUT2D eigenvalue weighted by Gasteiger charge is -2.22. The molecule has 0 radical (unpaired) electrons. The molecule has 0 aliphatic carbocycles. The van der Waals surface area contributed by atoms with Gasteiger partial charge in [0.25, 0.3) is 0 Å². The molecule has 0 amide bonds. The van der Waals surface area contributed by atoms with Crippen molar-refractivity contribution in [1.82, 2.24) is 9.97 Å². The molecule has 0 atom stereocenters. The zero-order chi connectivity index (χ0) is 17.3.